The van der Waals surface area contributed by atoms with Gasteiger partial charge in [0.25, 0.3) is 0 Å². The molecule has 5 nitrogen and oxygen atoms in total. The van der Waals surface area contributed by atoms with Crippen molar-refractivity contribution in [1.82, 2.24) is 4.72 Å². The fourth-order valence-corrected chi connectivity index (χ4v) is 2.92. The van der Waals surface area contributed by atoms with Gasteiger partial charge in [-0.2, -0.15) is 0 Å². The van der Waals surface area contributed by atoms with Crippen LogP contribution in [0, 0.1) is 12.7 Å². The van der Waals surface area contributed by atoms with E-state index in [1.807, 2.05) is 0 Å². The summed E-state index contributed by atoms with van der Waals surface area (Å²) in [6, 6.07) is 3.69. The van der Waals surface area contributed by atoms with Crippen molar-refractivity contribution in [1.29, 1.82) is 0 Å². The van der Waals surface area contributed by atoms with E-state index in [0.29, 0.717) is 18.6 Å². The molecule has 0 aromatic heterocycles. The van der Waals surface area contributed by atoms with Crippen LogP contribution in [0.5, 0.6) is 0 Å². The van der Waals surface area contributed by atoms with E-state index >= 15 is 0 Å². The minimum absolute atomic E-state index is 0.0950. The van der Waals surface area contributed by atoms with Crippen LogP contribution in [-0.4, -0.2) is 38.9 Å². The maximum absolute atomic E-state index is 13.4. The van der Waals surface area contributed by atoms with Gasteiger partial charge in [0, 0.05) is 19.6 Å². The molecule has 1 heterocycles. The Kier molecular flexibility index (Phi) is 3.91. The summed E-state index contributed by atoms with van der Waals surface area (Å²) in [5.41, 5.74) is -0.808. The molecule has 2 N–H and O–H groups in total. The Labute approximate surface area is 111 Å². The van der Waals surface area contributed by atoms with Gasteiger partial charge in [0.15, 0.2) is 0 Å². The standard InChI is InChI=1S/C12H16FNO4S/c1-9-2-3-10(6-11(9)13)19(16,17)14-7-12(15)4-5-18-8-12/h2-3,6,14-15H,4-5,7-8H2,1H3. The topological polar surface area (TPSA) is 75.6 Å². The molecule has 1 fully saturated rings. The molecule has 1 aromatic rings. The first kappa shape index (κ1) is 14.4. The van der Waals surface area contributed by atoms with E-state index in [1.165, 1.54) is 12.1 Å². The number of nitrogens with one attached hydrogen (secondary N) is 1. The van der Waals surface area contributed by atoms with Gasteiger partial charge in [-0.25, -0.2) is 17.5 Å². The molecule has 1 unspecified atom stereocenters. The van der Waals surface area contributed by atoms with Gasteiger partial charge in [-0.3, -0.25) is 0 Å². The van der Waals surface area contributed by atoms with Crippen LogP contribution in [0.2, 0.25) is 0 Å². The first-order valence-corrected chi connectivity index (χ1v) is 7.37. The highest BCUT2D eigenvalue weighted by atomic mass is 32.2. The Morgan fingerprint density at radius 3 is 2.84 bits per heavy atom. The lowest BCUT2D eigenvalue weighted by atomic mass is 10.1. The molecule has 2 rings (SSSR count). The molecule has 0 radical (unpaired) electrons. The van der Waals surface area contributed by atoms with Gasteiger partial charge in [0.1, 0.15) is 11.4 Å². The summed E-state index contributed by atoms with van der Waals surface area (Å²) in [7, 11) is -3.83. The number of hydrogen-bond acceptors (Lipinski definition) is 4. The minimum Gasteiger partial charge on any atom is -0.386 e. The lowest BCUT2D eigenvalue weighted by Crippen LogP contribution is -2.43. The van der Waals surface area contributed by atoms with Crippen molar-refractivity contribution in [3.63, 3.8) is 0 Å². The molecule has 1 aromatic carbocycles. The van der Waals surface area contributed by atoms with Crippen molar-refractivity contribution in [3.05, 3.63) is 29.6 Å². The number of aryl methyl sites for hydroxylation is 1. The van der Waals surface area contributed by atoms with Crippen molar-refractivity contribution in [3.8, 4) is 0 Å². The smallest absolute Gasteiger partial charge is 0.240 e. The van der Waals surface area contributed by atoms with E-state index < -0.39 is 21.4 Å². The summed E-state index contributed by atoms with van der Waals surface area (Å²) < 4.78 is 44.6. The van der Waals surface area contributed by atoms with Crippen LogP contribution in [0.4, 0.5) is 4.39 Å². The highest BCUT2D eigenvalue weighted by Gasteiger charge is 2.33. The van der Waals surface area contributed by atoms with Crippen molar-refractivity contribution < 1.29 is 22.7 Å². The molecule has 0 saturated carbocycles. The average molecular weight is 289 g/mol. The van der Waals surface area contributed by atoms with E-state index in [9.17, 15) is 17.9 Å². The Hall–Kier alpha value is -1.02. The van der Waals surface area contributed by atoms with Gasteiger partial charge in [-0.15, -0.1) is 0 Å². The summed E-state index contributed by atoms with van der Waals surface area (Å²) in [4.78, 5) is -0.155. The summed E-state index contributed by atoms with van der Waals surface area (Å²) in [6.07, 6.45) is 0.373. The Morgan fingerprint density at radius 1 is 1.53 bits per heavy atom. The fourth-order valence-electron chi connectivity index (χ4n) is 1.79. The predicted octanol–water partition coefficient (Wildman–Crippen LogP) is 0.564. The maximum Gasteiger partial charge on any atom is 0.240 e. The first-order chi connectivity index (χ1) is 8.82. The number of halogens is 1. The minimum atomic E-state index is -3.83. The monoisotopic (exact) mass is 289 g/mol. The molecule has 0 amide bonds. The van der Waals surface area contributed by atoms with Crippen molar-refractivity contribution in [2.24, 2.45) is 0 Å². The lowest BCUT2D eigenvalue weighted by Gasteiger charge is -2.20. The third-order valence-corrected chi connectivity index (χ3v) is 4.53. The Balaban J connectivity index is 2.11. The zero-order valence-electron chi connectivity index (χ0n) is 10.5. The van der Waals surface area contributed by atoms with Crippen LogP contribution in [0.15, 0.2) is 23.1 Å². The number of aliphatic hydroxyl groups is 1. The van der Waals surface area contributed by atoms with Gasteiger partial charge in [0.2, 0.25) is 10.0 Å². The lowest BCUT2D eigenvalue weighted by molar-refractivity contribution is 0.0314. The van der Waals surface area contributed by atoms with Crippen LogP contribution in [0.25, 0.3) is 0 Å². The first-order valence-electron chi connectivity index (χ1n) is 5.88. The zero-order valence-corrected chi connectivity index (χ0v) is 11.3. The number of hydrogen-bond donors (Lipinski definition) is 2. The van der Waals surface area contributed by atoms with Gasteiger partial charge in [-0.1, -0.05) is 6.07 Å². The number of ether oxygens (including phenoxy) is 1. The summed E-state index contributed by atoms with van der Waals surface area (Å²) >= 11 is 0. The van der Waals surface area contributed by atoms with Crippen molar-refractivity contribution >= 4 is 10.0 Å². The van der Waals surface area contributed by atoms with E-state index in [0.717, 1.165) is 6.07 Å². The molecule has 1 aliphatic heterocycles. The maximum atomic E-state index is 13.4. The van der Waals surface area contributed by atoms with Crippen LogP contribution >= 0.6 is 0 Å². The van der Waals surface area contributed by atoms with Gasteiger partial charge in [-0.05, 0) is 24.6 Å². The zero-order chi connectivity index (χ0) is 14.1. The van der Waals surface area contributed by atoms with Gasteiger partial charge in [0.05, 0.1) is 11.5 Å². The van der Waals surface area contributed by atoms with Gasteiger partial charge >= 0.3 is 0 Å². The molecule has 19 heavy (non-hydrogen) atoms. The van der Waals surface area contributed by atoms with Gasteiger partial charge < -0.3 is 9.84 Å². The van der Waals surface area contributed by atoms with E-state index in [1.54, 1.807) is 6.92 Å². The third kappa shape index (κ3) is 3.30. The van der Waals surface area contributed by atoms with Crippen molar-refractivity contribution in [2.45, 2.75) is 23.8 Å². The molecule has 1 atom stereocenters. The fraction of sp³-hybridized carbons (Fsp3) is 0.500. The SMILES string of the molecule is Cc1ccc(S(=O)(=O)NCC2(O)CCOC2)cc1F. The molecule has 106 valence electrons. The molecular weight excluding hydrogens is 273 g/mol. The summed E-state index contributed by atoms with van der Waals surface area (Å²) in [5.74, 6) is -0.578. The quantitative estimate of drug-likeness (QED) is 0.849. The Morgan fingerprint density at radius 2 is 2.26 bits per heavy atom. The summed E-state index contributed by atoms with van der Waals surface area (Å²) in [6.45, 7) is 1.90. The second-order valence-electron chi connectivity index (χ2n) is 4.76. The molecule has 0 bridgehead atoms. The van der Waals surface area contributed by atoms with E-state index in [4.69, 9.17) is 4.74 Å². The third-order valence-electron chi connectivity index (χ3n) is 3.13. The Bertz CT molecular complexity index is 567. The predicted molar refractivity (Wildman–Crippen MR) is 66.7 cm³/mol. The highest BCUT2D eigenvalue weighted by molar-refractivity contribution is 7.89. The second kappa shape index (κ2) is 5.16. The van der Waals surface area contributed by atoms with Crippen LogP contribution in [0.3, 0.4) is 0 Å². The average Bonchev–Trinajstić information content (AvgIpc) is 2.78. The largest absolute Gasteiger partial charge is 0.386 e. The van der Waals surface area contributed by atoms with Crippen molar-refractivity contribution in [2.75, 3.05) is 19.8 Å². The van der Waals surface area contributed by atoms with E-state index in [2.05, 4.69) is 4.72 Å². The molecule has 0 spiro atoms. The summed E-state index contributed by atoms with van der Waals surface area (Å²) in [5, 5.41) is 9.97. The molecular formula is C12H16FNO4S. The van der Waals surface area contributed by atoms with Crippen LogP contribution in [-0.2, 0) is 14.8 Å². The van der Waals surface area contributed by atoms with E-state index in [-0.39, 0.29) is 18.0 Å². The number of sulfonamides is 1. The molecule has 0 aliphatic carbocycles. The normalized spacial score (nSPS) is 23.7. The second-order valence-corrected chi connectivity index (χ2v) is 6.53. The molecule has 1 saturated heterocycles. The van der Waals surface area contributed by atoms with Crippen LogP contribution < -0.4 is 4.72 Å². The molecule has 7 heteroatoms. The highest BCUT2D eigenvalue weighted by Crippen LogP contribution is 2.19. The number of benzene rings is 1. The number of rotatable bonds is 4. The molecule has 1 aliphatic rings. The van der Waals surface area contributed by atoms with Crippen LogP contribution in [0.1, 0.15) is 12.0 Å².